The van der Waals surface area contributed by atoms with E-state index in [-0.39, 0.29) is 5.69 Å². The van der Waals surface area contributed by atoms with Gasteiger partial charge in [0.15, 0.2) is 0 Å². The quantitative estimate of drug-likeness (QED) is 0.391. The number of alkyl carbamates (subject to hydrolysis) is 1. The van der Waals surface area contributed by atoms with Crippen molar-refractivity contribution in [2.24, 2.45) is 5.73 Å². The summed E-state index contributed by atoms with van der Waals surface area (Å²) in [6, 6.07) is 4.72. The molecule has 0 aliphatic carbocycles. The minimum atomic E-state index is -0.754. The van der Waals surface area contributed by atoms with Crippen molar-refractivity contribution in [3.8, 4) is 0 Å². The second kappa shape index (κ2) is 8.97. The lowest BCUT2D eigenvalue weighted by Gasteiger charge is -2.19. The fourth-order valence-corrected chi connectivity index (χ4v) is 1.86. The van der Waals surface area contributed by atoms with Gasteiger partial charge in [0.25, 0.3) is 5.69 Å². The molecule has 1 rings (SSSR count). The Morgan fingerprint density at radius 2 is 1.88 bits per heavy atom. The Labute approximate surface area is 146 Å². The van der Waals surface area contributed by atoms with E-state index in [1.165, 1.54) is 24.3 Å². The Morgan fingerprint density at radius 1 is 1.28 bits per heavy atom. The van der Waals surface area contributed by atoms with Crippen LogP contribution < -0.4 is 16.4 Å². The molecule has 0 bridgehead atoms. The molecule has 0 unspecified atom stereocenters. The number of nitrogens with two attached hydrogens (primary N) is 1. The molecule has 138 valence electrons. The van der Waals surface area contributed by atoms with E-state index in [4.69, 9.17) is 10.5 Å². The van der Waals surface area contributed by atoms with E-state index in [0.29, 0.717) is 25.1 Å². The number of nitro benzene ring substituents is 1. The summed E-state index contributed by atoms with van der Waals surface area (Å²) in [5.41, 5.74) is 5.60. The number of benzene rings is 1. The van der Waals surface area contributed by atoms with Crippen LogP contribution in [0.5, 0.6) is 0 Å². The summed E-state index contributed by atoms with van der Waals surface area (Å²) in [5, 5.41) is 15.8. The predicted molar refractivity (Wildman–Crippen MR) is 93.2 cm³/mol. The number of nitrogens with zero attached hydrogens (tertiary/aromatic N) is 1. The van der Waals surface area contributed by atoms with Crippen molar-refractivity contribution in [3.05, 3.63) is 34.4 Å². The van der Waals surface area contributed by atoms with Crippen molar-refractivity contribution in [2.75, 3.05) is 11.9 Å². The molecular weight excluding hydrogens is 328 g/mol. The SMILES string of the molecule is CC(C)(C)OC(=O)NCCC[C@H](N)C(=O)Nc1ccc([N+](=O)[O-])cc1. The fourth-order valence-electron chi connectivity index (χ4n) is 1.86. The number of anilines is 1. The van der Waals surface area contributed by atoms with Gasteiger partial charge >= 0.3 is 6.09 Å². The maximum atomic E-state index is 12.0. The Bertz CT molecular complexity index is 610. The molecular formula is C16H24N4O5. The zero-order valence-electron chi connectivity index (χ0n) is 14.6. The first-order valence-electron chi connectivity index (χ1n) is 7.86. The van der Waals surface area contributed by atoms with Gasteiger partial charge in [-0.1, -0.05) is 0 Å². The van der Waals surface area contributed by atoms with Crippen molar-refractivity contribution >= 4 is 23.4 Å². The van der Waals surface area contributed by atoms with Gasteiger partial charge in [-0.25, -0.2) is 4.79 Å². The molecule has 1 aromatic rings. The van der Waals surface area contributed by atoms with Gasteiger partial charge in [-0.3, -0.25) is 14.9 Å². The summed E-state index contributed by atoms with van der Waals surface area (Å²) >= 11 is 0. The van der Waals surface area contributed by atoms with Gasteiger partial charge in [0.2, 0.25) is 5.91 Å². The zero-order chi connectivity index (χ0) is 19.0. The van der Waals surface area contributed by atoms with Gasteiger partial charge in [-0.2, -0.15) is 0 Å². The Hall–Kier alpha value is -2.68. The van der Waals surface area contributed by atoms with Gasteiger partial charge in [-0.05, 0) is 45.7 Å². The third kappa shape index (κ3) is 8.11. The van der Waals surface area contributed by atoms with Crippen molar-refractivity contribution in [2.45, 2.75) is 45.3 Å². The van der Waals surface area contributed by atoms with Gasteiger partial charge in [0, 0.05) is 24.4 Å². The molecule has 9 heteroatoms. The molecule has 25 heavy (non-hydrogen) atoms. The van der Waals surface area contributed by atoms with E-state index in [1.54, 1.807) is 20.8 Å². The van der Waals surface area contributed by atoms with E-state index in [1.807, 2.05) is 0 Å². The van der Waals surface area contributed by atoms with Crippen LogP contribution in [0.25, 0.3) is 0 Å². The first-order chi connectivity index (χ1) is 11.6. The lowest BCUT2D eigenvalue weighted by molar-refractivity contribution is -0.384. The molecule has 0 saturated heterocycles. The summed E-state index contributed by atoms with van der Waals surface area (Å²) in [7, 11) is 0. The van der Waals surface area contributed by atoms with Crippen molar-refractivity contribution in [1.82, 2.24) is 5.32 Å². The smallest absolute Gasteiger partial charge is 0.407 e. The molecule has 0 saturated carbocycles. The molecule has 0 fully saturated rings. The monoisotopic (exact) mass is 352 g/mol. The number of hydrogen-bond donors (Lipinski definition) is 3. The van der Waals surface area contributed by atoms with Gasteiger partial charge in [-0.15, -0.1) is 0 Å². The average molecular weight is 352 g/mol. The minimum absolute atomic E-state index is 0.0597. The average Bonchev–Trinajstić information content (AvgIpc) is 2.50. The molecule has 0 spiro atoms. The summed E-state index contributed by atoms with van der Waals surface area (Å²) < 4.78 is 5.09. The molecule has 0 aliphatic rings. The van der Waals surface area contributed by atoms with E-state index < -0.39 is 28.6 Å². The number of rotatable bonds is 7. The van der Waals surface area contributed by atoms with Crippen LogP contribution in [0, 0.1) is 10.1 Å². The highest BCUT2D eigenvalue weighted by Gasteiger charge is 2.17. The van der Waals surface area contributed by atoms with Crippen LogP contribution in [0.2, 0.25) is 0 Å². The number of carbonyl (C=O) groups is 2. The van der Waals surface area contributed by atoms with Crippen LogP contribution in [0.15, 0.2) is 24.3 Å². The van der Waals surface area contributed by atoms with E-state index >= 15 is 0 Å². The second-order valence-electron chi connectivity index (χ2n) is 6.47. The Balaban J connectivity index is 2.32. The summed E-state index contributed by atoms with van der Waals surface area (Å²) in [6.45, 7) is 5.65. The third-order valence-electron chi connectivity index (χ3n) is 3.04. The highest BCUT2D eigenvalue weighted by atomic mass is 16.6. The number of hydrogen-bond acceptors (Lipinski definition) is 6. The normalized spacial score (nSPS) is 12.2. The summed E-state index contributed by atoms with van der Waals surface area (Å²) in [4.78, 5) is 33.5. The number of nitrogens with one attached hydrogen (secondary N) is 2. The Morgan fingerprint density at radius 3 is 2.40 bits per heavy atom. The van der Waals surface area contributed by atoms with Crippen LogP contribution in [0.4, 0.5) is 16.2 Å². The third-order valence-corrected chi connectivity index (χ3v) is 3.04. The maximum absolute atomic E-state index is 12.0. The van der Waals surface area contributed by atoms with Gasteiger partial charge < -0.3 is 21.1 Å². The first kappa shape index (κ1) is 20.4. The van der Waals surface area contributed by atoms with Crippen LogP contribution in [-0.4, -0.2) is 35.1 Å². The summed E-state index contributed by atoms with van der Waals surface area (Å²) in [6.07, 6.45) is 0.360. The molecule has 0 heterocycles. The number of non-ortho nitro benzene ring substituents is 1. The number of amides is 2. The van der Waals surface area contributed by atoms with Crippen molar-refractivity contribution in [3.63, 3.8) is 0 Å². The molecule has 0 aliphatic heterocycles. The van der Waals surface area contributed by atoms with Gasteiger partial charge in [0.05, 0.1) is 11.0 Å². The van der Waals surface area contributed by atoms with Crippen LogP contribution in [0.3, 0.4) is 0 Å². The fraction of sp³-hybridized carbons (Fsp3) is 0.500. The maximum Gasteiger partial charge on any atom is 0.407 e. The second-order valence-corrected chi connectivity index (χ2v) is 6.47. The lowest BCUT2D eigenvalue weighted by atomic mass is 10.1. The van der Waals surface area contributed by atoms with E-state index in [9.17, 15) is 19.7 Å². The van der Waals surface area contributed by atoms with E-state index in [2.05, 4.69) is 10.6 Å². The van der Waals surface area contributed by atoms with Crippen LogP contribution in [0.1, 0.15) is 33.6 Å². The van der Waals surface area contributed by atoms with Crippen LogP contribution >= 0.6 is 0 Å². The number of nitro groups is 1. The molecule has 0 radical (unpaired) electrons. The van der Waals surface area contributed by atoms with Gasteiger partial charge in [0.1, 0.15) is 5.60 Å². The van der Waals surface area contributed by atoms with Crippen LogP contribution in [-0.2, 0) is 9.53 Å². The predicted octanol–water partition coefficient (Wildman–Crippen LogP) is 2.17. The number of carbonyl (C=O) groups excluding carboxylic acids is 2. The highest BCUT2D eigenvalue weighted by Crippen LogP contribution is 2.15. The lowest BCUT2D eigenvalue weighted by Crippen LogP contribution is -2.37. The standard InChI is InChI=1S/C16H24N4O5/c1-16(2,3)25-15(22)18-10-4-5-13(17)14(21)19-11-6-8-12(9-7-11)20(23)24/h6-9,13H,4-5,10,17H2,1-3H3,(H,18,22)(H,19,21)/t13-/m0/s1. The molecule has 1 atom stereocenters. The summed E-state index contributed by atoms with van der Waals surface area (Å²) in [5.74, 6) is -0.397. The topological polar surface area (TPSA) is 137 Å². The molecule has 4 N–H and O–H groups in total. The molecule has 1 aromatic carbocycles. The van der Waals surface area contributed by atoms with Crippen molar-refractivity contribution in [1.29, 1.82) is 0 Å². The molecule has 2 amide bonds. The largest absolute Gasteiger partial charge is 0.444 e. The zero-order valence-corrected chi connectivity index (χ0v) is 14.6. The minimum Gasteiger partial charge on any atom is -0.444 e. The highest BCUT2D eigenvalue weighted by molar-refractivity contribution is 5.94. The van der Waals surface area contributed by atoms with Crippen molar-refractivity contribution < 1.29 is 19.2 Å². The van der Waals surface area contributed by atoms with E-state index in [0.717, 1.165) is 0 Å². The molecule has 0 aromatic heterocycles. The first-order valence-corrected chi connectivity index (χ1v) is 7.86. The Kier molecular flexibility index (Phi) is 7.31. The number of ether oxygens (including phenoxy) is 1. The molecule has 9 nitrogen and oxygen atoms in total.